The average Bonchev–Trinajstić information content (AvgIpc) is 3.15. The van der Waals surface area contributed by atoms with Gasteiger partial charge in [0, 0.05) is 11.3 Å². The summed E-state index contributed by atoms with van der Waals surface area (Å²) in [7, 11) is 2.19. The lowest BCUT2D eigenvalue weighted by Crippen LogP contribution is -2.31. The molecule has 4 rings (SSSR count). The molecule has 5 nitrogen and oxygen atoms in total. The van der Waals surface area contributed by atoms with Gasteiger partial charge in [0.2, 0.25) is 0 Å². The van der Waals surface area contributed by atoms with Gasteiger partial charge >= 0.3 is 0 Å². The topological polar surface area (TPSA) is 55.1 Å². The molecule has 118 valence electrons. The van der Waals surface area contributed by atoms with Gasteiger partial charge in [-0.2, -0.15) is 4.98 Å². The highest BCUT2D eigenvalue weighted by Crippen LogP contribution is 2.32. The van der Waals surface area contributed by atoms with Crippen LogP contribution in [0.4, 0.5) is 0 Å². The third kappa shape index (κ3) is 2.94. The quantitative estimate of drug-likeness (QED) is 0.871. The molecule has 0 N–H and O–H groups in total. The average molecular weight is 318 g/mol. The second kappa shape index (κ2) is 6.08. The molecule has 1 aliphatic carbocycles. The van der Waals surface area contributed by atoms with E-state index in [2.05, 4.69) is 22.1 Å². The first-order valence-electron chi connectivity index (χ1n) is 8.28. The molecule has 6 heteroatoms. The van der Waals surface area contributed by atoms with Gasteiger partial charge in [0.1, 0.15) is 0 Å². The highest BCUT2D eigenvalue weighted by atomic mass is 32.1. The van der Waals surface area contributed by atoms with Crippen molar-refractivity contribution in [1.82, 2.24) is 20.0 Å². The first-order chi connectivity index (χ1) is 10.8. The zero-order valence-corrected chi connectivity index (χ0v) is 13.9. The molecule has 2 aliphatic rings. The summed E-state index contributed by atoms with van der Waals surface area (Å²) in [5, 5.41) is 5.09. The van der Waals surface area contributed by atoms with Crippen molar-refractivity contribution in [2.75, 3.05) is 20.1 Å². The van der Waals surface area contributed by atoms with Crippen molar-refractivity contribution in [3.05, 3.63) is 16.4 Å². The van der Waals surface area contributed by atoms with Crippen molar-refractivity contribution in [3.8, 4) is 10.9 Å². The maximum atomic E-state index is 5.47. The highest BCUT2D eigenvalue weighted by molar-refractivity contribution is 7.15. The van der Waals surface area contributed by atoms with Crippen molar-refractivity contribution in [1.29, 1.82) is 0 Å². The molecule has 2 aromatic rings. The molecule has 0 aromatic carbocycles. The van der Waals surface area contributed by atoms with Crippen LogP contribution in [0.2, 0.25) is 0 Å². The molecule has 0 unspecified atom stereocenters. The minimum atomic E-state index is 0.613. The van der Waals surface area contributed by atoms with Crippen LogP contribution in [0.3, 0.4) is 0 Å². The lowest BCUT2D eigenvalue weighted by molar-refractivity contribution is 0.216. The Labute approximate surface area is 134 Å². The van der Waals surface area contributed by atoms with E-state index in [1.807, 2.05) is 0 Å². The maximum absolute atomic E-state index is 5.47. The third-order valence-electron chi connectivity index (χ3n) is 4.81. The van der Waals surface area contributed by atoms with E-state index >= 15 is 0 Å². The van der Waals surface area contributed by atoms with E-state index in [9.17, 15) is 0 Å². The van der Waals surface area contributed by atoms with E-state index < -0.39 is 0 Å². The summed E-state index contributed by atoms with van der Waals surface area (Å²) in [6.07, 6.45) is 8.17. The molecule has 22 heavy (non-hydrogen) atoms. The summed E-state index contributed by atoms with van der Waals surface area (Å²) < 4.78 is 5.47. The van der Waals surface area contributed by atoms with E-state index in [-0.39, 0.29) is 0 Å². The van der Waals surface area contributed by atoms with Crippen LogP contribution in [-0.4, -0.2) is 40.2 Å². The minimum Gasteiger partial charge on any atom is -0.331 e. The van der Waals surface area contributed by atoms with Crippen LogP contribution in [0.15, 0.2) is 4.52 Å². The molecule has 0 amide bonds. The van der Waals surface area contributed by atoms with E-state index in [0.717, 1.165) is 30.1 Å². The van der Waals surface area contributed by atoms with Gasteiger partial charge in [-0.3, -0.25) is 0 Å². The number of nitrogens with zero attached hydrogens (tertiary/aromatic N) is 4. The van der Waals surface area contributed by atoms with Crippen molar-refractivity contribution in [3.63, 3.8) is 0 Å². The molecular weight excluding hydrogens is 296 g/mol. The van der Waals surface area contributed by atoms with E-state index in [0.29, 0.717) is 11.8 Å². The summed E-state index contributed by atoms with van der Waals surface area (Å²) in [6, 6.07) is 0. The minimum absolute atomic E-state index is 0.613. The van der Waals surface area contributed by atoms with E-state index in [4.69, 9.17) is 9.51 Å². The number of piperidine rings is 1. The van der Waals surface area contributed by atoms with Crippen molar-refractivity contribution < 1.29 is 4.52 Å². The smallest absolute Gasteiger partial charge is 0.286 e. The lowest BCUT2D eigenvalue weighted by atomic mass is 9.94. The van der Waals surface area contributed by atoms with Crippen LogP contribution < -0.4 is 0 Å². The fourth-order valence-corrected chi connectivity index (χ4v) is 4.46. The molecule has 3 heterocycles. The largest absolute Gasteiger partial charge is 0.331 e. The molecule has 0 saturated carbocycles. The normalized spacial score (nSPS) is 20.2. The number of likely N-dealkylation sites (tertiary alicyclic amines) is 1. The zero-order chi connectivity index (χ0) is 14.9. The van der Waals surface area contributed by atoms with Crippen LogP contribution in [0.5, 0.6) is 0 Å². The van der Waals surface area contributed by atoms with Gasteiger partial charge in [-0.1, -0.05) is 5.16 Å². The van der Waals surface area contributed by atoms with Crippen molar-refractivity contribution in [2.24, 2.45) is 5.92 Å². The number of aryl methyl sites for hydroxylation is 2. The Morgan fingerprint density at radius 2 is 2.00 bits per heavy atom. The van der Waals surface area contributed by atoms with Gasteiger partial charge < -0.3 is 9.42 Å². The molecule has 2 aromatic heterocycles. The van der Waals surface area contributed by atoms with Crippen molar-refractivity contribution in [2.45, 2.75) is 44.9 Å². The molecule has 1 fully saturated rings. The second-order valence-corrected chi connectivity index (χ2v) is 7.65. The lowest BCUT2D eigenvalue weighted by Gasteiger charge is -2.27. The molecule has 1 aliphatic heterocycles. The fraction of sp³-hybridized carbons (Fsp3) is 0.688. The Kier molecular flexibility index (Phi) is 3.96. The predicted molar refractivity (Wildman–Crippen MR) is 86.0 cm³/mol. The standard InChI is InChI=1S/C16H22N4OS/c1-20-8-6-11(7-9-20)10-14-18-15(21-19-14)16-17-12-4-2-3-5-13(12)22-16/h11H,2-10H2,1H3. The summed E-state index contributed by atoms with van der Waals surface area (Å²) >= 11 is 1.73. The Balaban J connectivity index is 1.46. The number of thiazole rings is 1. The fourth-order valence-electron chi connectivity index (χ4n) is 3.39. The van der Waals surface area contributed by atoms with Crippen LogP contribution in [0, 0.1) is 5.92 Å². The Bertz CT molecular complexity index is 619. The zero-order valence-electron chi connectivity index (χ0n) is 13.0. The van der Waals surface area contributed by atoms with Gasteiger partial charge in [0.05, 0.1) is 5.69 Å². The summed E-state index contributed by atoms with van der Waals surface area (Å²) in [4.78, 5) is 13.1. The monoisotopic (exact) mass is 318 g/mol. The SMILES string of the molecule is CN1CCC(Cc2noc(-c3nc4c(s3)CCCC4)n2)CC1. The van der Waals surface area contributed by atoms with Crippen LogP contribution in [-0.2, 0) is 19.3 Å². The Hall–Kier alpha value is -1.27. The number of hydrogen-bond donors (Lipinski definition) is 0. The first-order valence-corrected chi connectivity index (χ1v) is 9.09. The van der Waals surface area contributed by atoms with Gasteiger partial charge in [-0.25, -0.2) is 4.98 Å². The Morgan fingerprint density at radius 3 is 2.82 bits per heavy atom. The number of hydrogen-bond acceptors (Lipinski definition) is 6. The molecule has 0 atom stereocenters. The van der Waals surface area contributed by atoms with Gasteiger partial charge in [0.25, 0.3) is 5.89 Å². The van der Waals surface area contributed by atoms with Crippen LogP contribution in [0.1, 0.15) is 42.1 Å². The molecule has 0 radical (unpaired) electrons. The second-order valence-electron chi connectivity index (χ2n) is 6.56. The summed E-state index contributed by atoms with van der Waals surface area (Å²) in [5.41, 5.74) is 1.25. The highest BCUT2D eigenvalue weighted by Gasteiger charge is 2.22. The maximum Gasteiger partial charge on any atom is 0.286 e. The van der Waals surface area contributed by atoms with Gasteiger partial charge in [-0.15, -0.1) is 11.3 Å². The molecular formula is C16H22N4OS. The van der Waals surface area contributed by atoms with Crippen LogP contribution in [0.25, 0.3) is 10.9 Å². The Morgan fingerprint density at radius 1 is 1.18 bits per heavy atom. The summed E-state index contributed by atoms with van der Waals surface area (Å²) in [5.74, 6) is 2.14. The molecule has 0 spiro atoms. The van der Waals surface area contributed by atoms with Crippen molar-refractivity contribution >= 4 is 11.3 Å². The van der Waals surface area contributed by atoms with Crippen LogP contribution >= 0.6 is 11.3 Å². The molecule has 1 saturated heterocycles. The number of aromatic nitrogens is 3. The van der Waals surface area contributed by atoms with E-state index in [1.54, 1.807) is 11.3 Å². The first kappa shape index (κ1) is 14.3. The molecule has 0 bridgehead atoms. The third-order valence-corrected chi connectivity index (χ3v) is 5.95. The van der Waals surface area contributed by atoms with Gasteiger partial charge in [-0.05, 0) is 64.6 Å². The summed E-state index contributed by atoms with van der Waals surface area (Å²) in [6.45, 7) is 2.35. The number of rotatable bonds is 3. The number of fused-ring (bicyclic) bond motifs is 1. The van der Waals surface area contributed by atoms with Gasteiger partial charge in [0.15, 0.2) is 10.8 Å². The predicted octanol–water partition coefficient (Wildman–Crippen LogP) is 2.96. The van der Waals surface area contributed by atoms with E-state index in [1.165, 1.54) is 49.3 Å².